The van der Waals surface area contributed by atoms with Crippen molar-refractivity contribution >= 4 is 12.4 Å². The van der Waals surface area contributed by atoms with Crippen LogP contribution in [0.4, 0.5) is 0 Å². The monoisotopic (exact) mass is 297 g/mol. The highest BCUT2D eigenvalue weighted by atomic mass is 35.5. The Hall–Kier alpha value is -1.21. The molecular formula is C16H24ClNO2. The van der Waals surface area contributed by atoms with Crippen molar-refractivity contribution in [3.63, 3.8) is 0 Å². The summed E-state index contributed by atoms with van der Waals surface area (Å²) in [7, 11) is 0. The Kier molecular flexibility index (Phi) is 10.9. The van der Waals surface area contributed by atoms with Gasteiger partial charge in [-0.1, -0.05) is 18.1 Å². The highest BCUT2D eigenvalue weighted by Crippen LogP contribution is 2.12. The van der Waals surface area contributed by atoms with E-state index >= 15 is 0 Å². The van der Waals surface area contributed by atoms with Gasteiger partial charge in [-0.3, -0.25) is 0 Å². The fraction of sp³-hybridized carbons (Fsp3) is 0.500. The first kappa shape index (κ1) is 18.8. The van der Waals surface area contributed by atoms with E-state index in [4.69, 9.17) is 15.9 Å². The van der Waals surface area contributed by atoms with Crippen molar-refractivity contribution in [2.75, 3.05) is 19.8 Å². The molecule has 0 heterocycles. The van der Waals surface area contributed by atoms with Crippen LogP contribution in [0.3, 0.4) is 0 Å². The Balaban J connectivity index is 0.00000361. The second-order valence-electron chi connectivity index (χ2n) is 4.59. The summed E-state index contributed by atoms with van der Waals surface area (Å²) in [6.45, 7) is 6.99. The first-order valence-corrected chi connectivity index (χ1v) is 6.70. The third-order valence-corrected chi connectivity index (χ3v) is 2.50. The molecule has 1 N–H and O–H groups in total. The zero-order valence-corrected chi connectivity index (χ0v) is 13.0. The lowest BCUT2D eigenvalue weighted by atomic mass is 10.2. The van der Waals surface area contributed by atoms with E-state index in [1.165, 1.54) is 5.56 Å². The summed E-state index contributed by atoms with van der Waals surface area (Å²) < 4.78 is 10.9. The van der Waals surface area contributed by atoms with Crippen LogP contribution in [-0.4, -0.2) is 25.9 Å². The van der Waals surface area contributed by atoms with Crippen molar-refractivity contribution in [2.24, 2.45) is 0 Å². The predicted molar refractivity (Wildman–Crippen MR) is 85.4 cm³/mol. The quantitative estimate of drug-likeness (QED) is 0.561. The van der Waals surface area contributed by atoms with Gasteiger partial charge in [0.05, 0.1) is 6.10 Å². The molecule has 0 aromatic heterocycles. The molecular weight excluding hydrogens is 274 g/mol. The second kappa shape index (κ2) is 11.6. The number of halogens is 1. The Morgan fingerprint density at radius 1 is 1.35 bits per heavy atom. The molecule has 0 aliphatic carbocycles. The number of ether oxygens (including phenoxy) is 2. The third-order valence-electron chi connectivity index (χ3n) is 2.50. The maximum absolute atomic E-state index is 5.48. The molecule has 1 aromatic rings. The van der Waals surface area contributed by atoms with Gasteiger partial charge in [-0.25, -0.2) is 0 Å². The van der Waals surface area contributed by atoms with Crippen molar-refractivity contribution in [2.45, 2.75) is 32.9 Å². The average molecular weight is 298 g/mol. The van der Waals surface area contributed by atoms with E-state index in [9.17, 15) is 0 Å². The van der Waals surface area contributed by atoms with Crippen molar-refractivity contribution in [1.82, 2.24) is 5.32 Å². The molecule has 0 aliphatic rings. The SMILES string of the molecule is C#CCOc1cccc(CNCCCOC(C)C)c1.Cl. The highest BCUT2D eigenvalue weighted by Gasteiger charge is 1.97. The van der Waals surface area contributed by atoms with Crippen LogP contribution in [0.25, 0.3) is 0 Å². The zero-order chi connectivity index (χ0) is 13.9. The van der Waals surface area contributed by atoms with Crippen LogP contribution in [0, 0.1) is 12.3 Å². The largest absolute Gasteiger partial charge is 0.481 e. The minimum atomic E-state index is 0. The molecule has 4 heteroatoms. The van der Waals surface area contributed by atoms with E-state index in [0.717, 1.165) is 31.9 Å². The molecule has 0 atom stereocenters. The molecule has 3 nitrogen and oxygen atoms in total. The topological polar surface area (TPSA) is 30.5 Å². The number of hydrogen-bond acceptors (Lipinski definition) is 3. The lowest BCUT2D eigenvalue weighted by Gasteiger charge is -2.09. The fourth-order valence-electron chi connectivity index (χ4n) is 1.62. The maximum atomic E-state index is 5.48. The first-order valence-electron chi connectivity index (χ1n) is 6.70. The molecule has 1 aromatic carbocycles. The van der Waals surface area contributed by atoms with E-state index in [0.29, 0.717) is 12.7 Å². The van der Waals surface area contributed by atoms with Gasteiger partial charge in [0.15, 0.2) is 0 Å². The van der Waals surface area contributed by atoms with E-state index in [1.54, 1.807) is 0 Å². The van der Waals surface area contributed by atoms with E-state index in [-0.39, 0.29) is 12.4 Å². The van der Waals surface area contributed by atoms with Gasteiger partial charge in [0.2, 0.25) is 0 Å². The van der Waals surface area contributed by atoms with Crippen LogP contribution in [-0.2, 0) is 11.3 Å². The Bertz CT molecular complexity index is 402. The van der Waals surface area contributed by atoms with Gasteiger partial charge in [0, 0.05) is 13.2 Å². The molecule has 112 valence electrons. The highest BCUT2D eigenvalue weighted by molar-refractivity contribution is 5.85. The first-order chi connectivity index (χ1) is 9.22. The molecule has 1 rings (SSSR count). The second-order valence-corrected chi connectivity index (χ2v) is 4.59. The minimum absolute atomic E-state index is 0. The molecule has 0 unspecified atom stereocenters. The molecule has 0 aliphatic heterocycles. The van der Waals surface area contributed by atoms with Crippen LogP contribution in [0.5, 0.6) is 5.75 Å². The lowest BCUT2D eigenvalue weighted by Crippen LogP contribution is -2.17. The van der Waals surface area contributed by atoms with Gasteiger partial charge in [-0.2, -0.15) is 0 Å². The summed E-state index contributed by atoms with van der Waals surface area (Å²) in [6.07, 6.45) is 6.49. The van der Waals surface area contributed by atoms with Gasteiger partial charge < -0.3 is 14.8 Å². The summed E-state index contributed by atoms with van der Waals surface area (Å²) in [6, 6.07) is 7.97. The van der Waals surface area contributed by atoms with Crippen LogP contribution < -0.4 is 10.1 Å². The Morgan fingerprint density at radius 3 is 2.85 bits per heavy atom. The smallest absolute Gasteiger partial charge is 0.148 e. The van der Waals surface area contributed by atoms with Gasteiger partial charge in [0.25, 0.3) is 0 Å². The van der Waals surface area contributed by atoms with Crippen LogP contribution in [0.2, 0.25) is 0 Å². The minimum Gasteiger partial charge on any atom is -0.481 e. The summed E-state index contributed by atoms with van der Waals surface area (Å²) in [4.78, 5) is 0. The van der Waals surface area contributed by atoms with Crippen molar-refractivity contribution in [3.05, 3.63) is 29.8 Å². The fourth-order valence-corrected chi connectivity index (χ4v) is 1.62. The molecule has 0 spiro atoms. The molecule has 0 radical (unpaired) electrons. The van der Waals surface area contributed by atoms with E-state index < -0.39 is 0 Å². The van der Waals surface area contributed by atoms with Crippen LogP contribution in [0.1, 0.15) is 25.8 Å². The van der Waals surface area contributed by atoms with Crippen molar-refractivity contribution in [1.29, 1.82) is 0 Å². The summed E-state index contributed by atoms with van der Waals surface area (Å²) >= 11 is 0. The van der Waals surface area contributed by atoms with Gasteiger partial charge in [-0.15, -0.1) is 18.8 Å². The summed E-state index contributed by atoms with van der Waals surface area (Å²) in [5.41, 5.74) is 1.19. The van der Waals surface area contributed by atoms with E-state index in [1.807, 2.05) is 18.2 Å². The predicted octanol–water partition coefficient (Wildman–Crippen LogP) is 3.03. The number of benzene rings is 1. The molecule has 0 saturated carbocycles. The normalized spacial score (nSPS) is 9.90. The molecule has 0 fully saturated rings. The number of terminal acetylenes is 1. The Morgan fingerprint density at radius 2 is 2.15 bits per heavy atom. The number of rotatable bonds is 9. The molecule has 20 heavy (non-hydrogen) atoms. The number of hydrogen-bond donors (Lipinski definition) is 1. The zero-order valence-electron chi connectivity index (χ0n) is 12.2. The molecule has 0 bridgehead atoms. The molecule has 0 saturated heterocycles. The van der Waals surface area contributed by atoms with Crippen molar-refractivity contribution < 1.29 is 9.47 Å². The van der Waals surface area contributed by atoms with Gasteiger partial charge in [-0.05, 0) is 44.5 Å². The van der Waals surface area contributed by atoms with E-state index in [2.05, 4.69) is 31.2 Å². The average Bonchev–Trinajstić information content (AvgIpc) is 2.40. The third kappa shape index (κ3) is 8.82. The maximum Gasteiger partial charge on any atom is 0.148 e. The lowest BCUT2D eigenvalue weighted by molar-refractivity contribution is 0.0770. The van der Waals surface area contributed by atoms with Crippen molar-refractivity contribution in [3.8, 4) is 18.1 Å². The van der Waals surface area contributed by atoms with Crippen LogP contribution in [0.15, 0.2) is 24.3 Å². The standard InChI is InChI=1S/C16H23NO2.ClH/c1-4-10-19-16-8-5-7-15(12-16)13-17-9-6-11-18-14(2)3;/h1,5,7-8,12,14,17H,6,9-11,13H2,2-3H3;1H. The van der Waals surface area contributed by atoms with Crippen LogP contribution >= 0.6 is 12.4 Å². The molecule has 0 amide bonds. The summed E-state index contributed by atoms with van der Waals surface area (Å²) in [5.74, 6) is 3.28. The number of nitrogens with one attached hydrogen (secondary N) is 1. The van der Waals surface area contributed by atoms with Gasteiger partial charge >= 0.3 is 0 Å². The Labute approximate surface area is 128 Å². The van der Waals surface area contributed by atoms with Gasteiger partial charge in [0.1, 0.15) is 12.4 Å². The summed E-state index contributed by atoms with van der Waals surface area (Å²) in [5, 5.41) is 3.38.